The zero-order valence-corrected chi connectivity index (χ0v) is 11.9. The Morgan fingerprint density at radius 3 is 2.95 bits per heavy atom. The first-order valence-corrected chi connectivity index (χ1v) is 6.88. The number of nitrogens with one attached hydrogen (secondary N) is 1. The lowest BCUT2D eigenvalue weighted by atomic mass is 10.2. The zero-order valence-electron chi connectivity index (χ0n) is 11.9. The summed E-state index contributed by atoms with van der Waals surface area (Å²) in [4.78, 5) is 11.6. The van der Waals surface area contributed by atoms with Crippen molar-refractivity contribution in [2.75, 3.05) is 13.4 Å². The molecule has 1 aliphatic rings. The summed E-state index contributed by atoms with van der Waals surface area (Å²) in [5, 5.41) is 11.7. The summed E-state index contributed by atoms with van der Waals surface area (Å²) in [5.41, 5.74) is 0.964. The van der Waals surface area contributed by atoms with Crippen molar-refractivity contribution in [1.29, 1.82) is 0 Å². The standard InChI is InChI=1S/C16H19NO4/c1-2-13(10-18)17-16(19)6-4-3-5-12-7-8-14-15(9-12)21-11-20-14/h3-9,13,18H,2,10-11H2,1H3,(H,17,19)/b5-3+,6-4+/t13-/m1/s1. The van der Waals surface area contributed by atoms with Crippen molar-refractivity contribution >= 4 is 12.0 Å². The molecule has 21 heavy (non-hydrogen) atoms. The van der Waals surface area contributed by atoms with Gasteiger partial charge < -0.3 is 19.9 Å². The highest BCUT2D eigenvalue weighted by Crippen LogP contribution is 2.32. The van der Waals surface area contributed by atoms with E-state index in [0.717, 1.165) is 17.1 Å². The summed E-state index contributed by atoms with van der Waals surface area (Å²) in [6, 6.07) is 5.45. The van der Waals surface area contributed by atoms with Gasteiger partial charge >= 0.3 is 0 Å². The van der Waals surface area contributed by atoms with Gasteiger partial charge in [0.15, 0.2) is 11.5 Å². The quantitative estimate of drug-likeness (QED) is 0.620. The zero-order chi connectivity index (χ0) is 15.1. The number of allylic oxidation sites excluding steroid dienone is 2. The van der Waals surface area contributed by atoms with Gasteiger partial charge in [-0.15, -0.1) is 0 Å². The van der Waals surface area contributed by atoms with Gasteiger partial charge in [0.1, 0.15) is 0 Å². The maximum absolute atomic E-state index is 11.6. The van der Waals surface area contributed by atoms with E-state index in [0.29, 0.717) is 6.42 Å². The number of ether oxygens (including phenoxy) is 2. The predicted molar refractivity (Wildman–Crippen MR) is 80.0 cm³/mol. The molecule has 1 heterocycles. The summed E-state index contributed by atoms with van der Waals surface area (Å²) in [5.74, 6) is 1.26. The van der Waals surface area contributed by atoms with E-state index in [1.165, 1.54) is 6.08 Å². The molecule has 5 nitrogen and oxygen atoms in total. The molecule has 2 N–H and O–H groups in total. The third-order valence-electron chi connectivity index (χ3n) is 3.10. The van der Waals surface area contributed by atoms with E-state index in [9.17, 15) is 4.79 Å². The van der Waals surface area contributed by atoms with Crippen molar-refractivity contribution in [3.05, 3.63) is 42.0 Å². The Morgan fingerprint density at radius 2 is 2.19 bits per heavy atom. The Balaban J connectivity index is 1.87. The third-order valence-corrected chi connectivity index (χ3v) is 3.10. The van der Waals surface area contributed by atoms with E-state index < -0.39 is 0 Å². The number of fused-ring (bicyclic) bond motifs is 1. The van der Waals surface area contributed by atoms with Crippen LogP contribution in [0, 0.1) is 0 Å². The van der Waals surface area contributed by atoms with Gasteiger partial charge in [-0.2, -0.15) is 0 Å². The van der Waals surface area contributed by atoms with Crippen molar-refractivity contribution < 1.29 is 19.4 Å². The Morgan fingerprint density at radius 1 is 1.38 bits per heavy atom. The minimum atomic E-state index is -0.216. The topological polar surface area (TPSA) is 67.8 Å². The molecule has 1 atom stereocenters. The van der Waals surface area contributed by atoms with Crippen LogP contribution in [0.2, 0.25) is 0 Å². The van der Waals surface area contributed by atoms with Crippen LogP contribution in [0.1, 0.15) is 18.9 Å². The van der Waals surface area contributed by atoms with Gasteiger partial charge in [-0.1, -0.05) is 31.2 Å². The van der Waals surface area contributed by atoms with Crippen LogP contribution in [-0.2, 0) is 4.79 Å². The first-order valence-electron chi connectivity index (χ1n) is 6.88. The fraction of sp³-hybridized carbons (Fsp3) is 0.312. The van der Waals surface area contributed by atoms with Crippen LogP contribution in [0.5, 0.6) is 11.5 Å². The van der Waals surface area contributed by atoms with Gasteiger partial charge in [0.2, 0.25) is 12.7 Å². The summed E-state index contributed by atoms with van der Waals surface area (Å²) < 4.78 is 10.5. The van der Waals surface area contributed by atoms with Crippen LogP contribution in [0.3, 0.4) is 0 Å². The van der Waals surface area contributed by atoms with Crippen molar-refractivity contribution in [2.45, 2.75) is 19.4 Å². The Hall–Kier alpha value is -2.27. The van der Waals surface area contributed by atoms with Gasteiger partial charge in [0.05, 0.1) is 12.6 Å². The molecule has 1 aromatic carbocycles. The monoisotopic (exact) mass is 289 g/mol. The molecule has 1 aromatic rings. The number of carbonyl (C=O) groups excluding carboxylic acids is 1. The summed E-state index contributed by atoms with van der Waals surface area (Å²) in [6.45, 7) is 2.11. The average molecular weight is 289 g/mol. The number of hydrogen-bond acceptors (Lipinski definition) is 4. The second-order valence-electron chi connectivity index (χ2n) is 4.63. The summed E-state index contributed by atoms with van der Waals surface area (Å²) in [6.07, 6.45) is 7.43. The fourth-order valence-corrected chi connectivity index (χ4v) is 1.85. The molecule has 5 heteroatoms. The van der Waals surface area contributed by atoms with Crippen molar-refractivity contribution in [2.24, 2.45) is 0 Å². The largest absolute Gasteiger partial charge is 0.454 e. The second kappa shape index (κ2) is 7.50. The lowest BCUT2D eigenvalue weighted by Gasteiger charge is -2.11. The summed E-state index contributed by atoms with van der Waals surface area (Å²) >= 11 is 0. The maximum atomic E-state index is 11.6. The average Bonchev–Trinajstić information content (AvgIpc) is 2.96. The van der Waals surface area contributed by atoms with E-state index in [2.05, 4.69) is 5.32 Å². The molecule has 0 saturated heterocycles. The molecule has 0 unspecified atom stereocenters. The number of aliphatic hydroxyl groups is 1. The number of carbonyl (C=O) groups is 1. The van der Waals surface area contributed by atoms with E-state index >= 15 is 0 Å². The van der Waals surface area contributed by atoms with Gasteiger partial charge in [0, 0.05) is 6.08 Å². The molecular formula is C16H19NO4. The number of rotatable bonds is 6. The molecule has 1 aliphatic heterocycles. The fourth-order valence-electron chi connectivity index (χ4n) is 1.85. The second-order valence-corrected chi connectivity index (χ2v) is 4.63. The van der Waals surface area contributed by atoms with Crippen LogP contribution in [0.15, 0.2) is 36.4 Å². The third kappa shape index (κ3) is 4.36. The van der Waals surface area contributed by atoms with E-state index in [-0.39, 0.29) is 25.3 Å². The van der Waals surface area contributed by atoms with E-state index in [4.69, 9.17) is 14.6 Å². The van der Waals surface area contributed by atoms with Crippen LogP contribution in [0.4, 0.5) is 0 Å². The Kier molecular flexibility index (Phi) is 5.40. The van der Waals surface area contributed by atoms with Crippen LogP contribution in [0.25, 0.3) is 6.08 Å². The Labute approximate surface area is 123 Å². The Bertz CT molecular complexity index is 547. The minimum Gasteiger partial charge on any atom is -0.454 e. The molecule has 0 spiro atoms. The molecule has 1 amide bonds. The molecule has 0 radical (unpaired) electrons. The highest BCUT2D eigenvalue weighted by Gasteiger charge is 2.11. The first kappa shape index (κ1) is 15.1. The predicted octanol–water partition coefficient (Wildman–Crippen LogP) is 1.87. The van der Waals surface area contributed by atoms with Gasteiger partial charge in [-0.3, -0.25) is 4.79 Å². The van der Waals surface area contributed by atoms with Crippen LogP contribution >= 0.6 is 0 Å². The smallest absolute Gasteiger partial charge is 0.244 e. The molecule has 0 saturated carbocycles. The SMILES string of the molecule is CC[C@H](CO)NC(=O)/C=C/C=C/c1ccc2c(c1)OCO2. The van der Waals surface area contributed by atoms with Crippen LogP contribution in [-0.4, -0.2) is 30.5 Å². The summed E-state index contributed by atoms with van der Waals surface area (Å²) in [7, 11) is 0. The van der Waals surface area contributed by atoms with Gasteiger partial charge in [0.25, 0.3) is 0 Å². The molecule has 0 fully saturated rings. The highest BCUT2D eigenvalue weighted by molar-refractivity contribution is 5.88. The lowest BCUT2D eigenvalue weighted by Crippen LogP contribution is -2.35. The number of benzene rings is 1. The molecule has 0 aromatic heterocycles. The first-order chi connectivity index (χ1) is 10.2. The molecule has 0 bridgehead atoms. The van der Waals surface area contributed by atoms with Crippen LogP contribution < -0.4 is 14.8 Å². The van der Waals surface area contributed by atoms with Gasteiger partial charge in [-0.25, -0.2) is 0 Å². The molecular weight excluding hydrogens is 270 g/mol. The van der Waals surface area contributed by atoms with Crippen molar-refractivity contribution in [1.82, 2.24) is 5.32 Å². The molecule has 112 valence electrons. The van der Waals surface area contributed by atoms with E-state index in [1.807, 2.05) is 31.2 Å². The van der Waals surface area contributed by atoms with E-state index in [1.54, 1.807) is 12.2 Å². The molecule has 0 aliphatic carbocycles. The number of hydrogen-bond donors (Lipinski definition) is 2. The molecule has 2 rings (SSSR count). The highest BCUT2D eigenvalue weighted by atomic mass is 16.7. The normalized spacial score (nSPS) is 14.8. The van der Waals surface area contributed by atoms with Gasteiger partial charge in [-0.05, 0) is 24.1 Å². The maximum Gasteiger partial charge on any atom is 0.244 e. The lowest BCUT2D eigenvalue weighted by molar-refractivity contribution is -0.117. The number of amides is 1. The van der Waals surface area contributed by atoms with Crippen molar-refractivity contribution in [3.63, 3.8) is 0 Å². The van der Waals surface area contributed by atoms with Crippen molar-refractivity contribution in [3.8, 4) is 11.5 Å². The number of aliphatic hydroxyl groups excluding tert-OH is 1. The minimum absolute atomic E-state index is 0.0525.